The van der Waals surface area contributed by atoms with E-state index in [1.807, 2.05) is 24.3 Å². The second kappa shape index (κ2) is 6.23. The van der Waals surface area contributed by atoms with Crippen LogP contribution in [-0.4, -0.2) is 5.11 Å². The number of hydrogen-bond acceptors (Lipinski definition) is 2. The van der Waals surface area contributed by atoms with Gasteiger partial charge in [0.15, 0.2) is 0 Å². The Bertz CT molecular complexity index is 508. The Morgan fingerprint density at radius 1 is 1.11 bits per heavy atom. The molecule has 0 atom stereocenters. The van der Waals surface area contributed by atoms with Gasteiger partial charge in [-0.15, -0.1) is 11.8 Å². The largest absolute Gasteiger partial charge is 0.392 e. The summed E-state index contributed by atoms with van der Waals surface area (Å²) in [6, 6.07) is 12.2. The van der Waals surface area contributed by atoms with Gasteiger partial charge in [0.2, 0.25) is 0 Å². The van der Waals surface area contributed by atoms with Crippen LogP contribution in [0.3, 0.4) is 0 Å². The lowest BCUT2D eigenvalue weighted by Crippen LogP contribution is -1.89. The van der Waals surface area contributed by atoms with E-state index < -0.39 is 0 Å². The van der Waals surface area contributed by atoms with Crippen molar-refractivity contribution in [2.24, 2.45) is 0 Å². The first kappa shape index (κ1) is 13.4. The van der Waals surface area contributed by atoms with Gasteiger partial charge in [0.1, 0.15) is 5.82 Å². The Morgan fingerprint density at radius 3 is 2.44 bits per heavy atom. The van der Waals surface area contributed by atoms with Crippen LogP contribution in [0.2, 0.25) is 5.02 Å². The summed E-state index contributed by atoms with van der Waals surface area (Å²) in [6.45, 7) is 0.0318. The van der Waals surface area contributed by atoms with Crippen LogP contribution in [0, 0.1) is 5.82 Å². The van der Waals surface area contributed by atoms with E-state index in [0.717, 1.165) is 10.5 Å². The molecule has 0 fully saturated rings. The number of aliphatic hydroxyl groups excluding tert-OH is 1. The zero-order chi connectivity index (χ0) is 13.0. The van der Waals surface area contributed by atoms with Crippen LogP contribution in [0.5, 0.6) is 0 Å². The first-order valence-corrected chi connectivity index (χ1v) is 6.82. The molecule has 0 saturated carbocycles. The number of benzene rings is 2. The Labute approximate surface area is 115 Å². The highest BCUT2D eigenvalue weighted by atomic mass is 35.5. The highest BCUT2D eigenvalue weighted by Crippen LogP contribution is 2.28. The average Bonchev–Trinajstić information content (AvgIpc) is 2.39. The van der Waals surface area contributed by atoms with Gasteiger partial charge in [-0.2, -0.15) is 0 Å². The van der Waals surface area contributed by atoms with Crippen molar-refractivity contribution in [1.82, 2.24) is 0 Å². The highest BCUT2D eigenvalue weighted by Gasteiger charge is 2.07. The molecule has 4 heteroatoms. The van der Waals surface area contributed by atoms with E-state index in [0.29, 0.717) is 16.3 Å². The topological polar surface area (TPSA) is 20.2 Å². The van der Waals surface area contributed by atoms with E-state index in [1.54, 1.807) is 12.1 Å². The van der Waals surface area contributed by atoms with Crippen LogP contribution in [0.4, 0.5) is 4.39 Å². The van der Waals surface area contributed by atoms with Gasteiger partial charge in [-0.3, -0.25) is 0 Å². The molecule has 0 saturated heterocycles. The Morgan fingerprint density at radius 2 is 1.83 bits per heavy atom. The molecule has 0 aliphatic heterocycles. The van der Waals surface area contributed by atoms with E-state index in [-0.39, 0.29) is 12.4 Å². The van der Waals surface area contributed by atoms with Gasteiger partial charge in [-0.1, -0.05) is 29.8 Å². The maximum atomic E-state index is 13.5. The first-order chi connectivity index (χ1) is 8.70. The number of halogens is 2. The maximum Gasteiger partial charge on any atom is 0.128 e. The molecule has 2 aromatic carbocycles. The summed E-state index contributed by atoms with van der Waals surface area (Å²) in [7, 11) is 0. The Balaban J connectivity index is 2.06. The monoisotopic (exact) mass is 282 g/mol. The van der Waals surface area contributed by atoms with Crippen LogP contribution in [-0.2, 0) is 12.4 Å². The standard InChI is InChI=1S/C14H12ClFOS/c15-13-2-1-3-14(16)12(13)9-18-11-6-4-10(8-17)5-7-11/h1-7,17H,8-9H2. The fraction of sp³-hybridized carbons (Fsp3) is 0.143. The number of thioether (sulfide) groups is 1. The van der Waals surface area contributed by atoms with E-state index in [4.69, 9.17) is 16.7 Å². The lowest BCUT2D eigenvalue weighted by atomic mass is 10.2. The normalized spacial score (nSPS) is 10.6. The number of hydrogen-bond donors (Lipinski definition) is 1. The summed E-state index contributed by atoms with van der Waals surface area (Å²) >= 11 is 7.47. The molecule has 0 aliphatic carbocycles. The number of aliphatic hydroxyl groups is 1. The molecule has 1 nitrogen and oxygen atoms in total. The second-order valence-corrected chi connectivity index (χ2v) is 5.25. The molecule has 2 rings (SSSR count). The van der Waals surface area contributed by atoms with Crippen molar-refractivity contribution in [2.45, 2.75) is 17.3 Å². The maximum absolute atomic E-state index is 13.5. The minimum atomic E-state index is -0.276. The zero-order valence-electron chi connectivity index (χ0n) is 9.57. The predicted molar refractivity (Wildman–Crippen MR) is 73.3 cm³/mol. The lowest BCUT2D eigenvalue weighted by Gasteiger charge is -2.06. The van der Waals surface area contributed by atoms with Gasteiger partial charge in [-0.05, 0) is 29.8 Å². The fourth-order valence-electron chi connectivity index (χ4n) is 1.52. The minimum Gasteiger partial charge on any atom is -0.392 e. The van der Waals surface area contributed by atoms with Crippen LogP contribution >= 0.6 is 23.4 Å². The summed E-state index contributed by atoms with van der Waals surface area (Å²) < 4.78 is 13.5. The van der Waals surface area contributed by atoms with Crippen LogP contribution in [0.1, 0.15) is 11.1 Å². The smallest absolute Gasteiger partial charge is 0.128 e. The molecule has 0 unspecified atom stereocenters. The molecule has 0 radical (unpaired) electrons. The van der Waals surface area contributed by atoms with Gasteiger partial charge in [0.05, 0.1) is 6.61 Å². The van der Waals surface area contributed by atoms with Crippen molar-refractivity contribution in [2.75, 3.05) is 0 Å². The Kier molecular flexibility index (Phi) is 4.64. The van der Waals surface area contributed by atoms with Crippen LogP contribution < -0.4 is 0 Å². The van der Waals surface area contributed by atoms with E-state index in [1.165, 1.54) is 17.8 Å². The predicted octanol–water partition coefficient (Wildman–Crippen LogP) is 4.26. The van der Waals surface area contributed by atoms with Gasteiger partial charge in [-0.25, -0.2) is 4.39 Å². The average molecular weight is 283 g/mol. The van der Waals surface area contributed by atoms with Gasteiger partial charge in [0.25, 0.3) is 0 Å². The van der Waals surface area contributed by atoms with Gasteiger partial charge in [0, 0.05) is 21.2 Å². The molecule has 0 spiro atoms. The minimum absolute atomic E-state index is 0.0318. The Hall–Kier alpha value is -1.03. The van der Waals surface area contributed by atoms with Crippen molar-refractivity contribution in [3.63, 3.8) is 0 Å². The van der Waals surface area contributed by atoms with Crippen LogP contribution in [0.15, 0.2) is 47.4 Å². The summed E-state index contributed by atoms with van der Waals surface area (Å²) in [6.07, 6.45) is 0. The summed E-state index contributed by atoms with van der Waals surface area (Å²) in [5, 5.41) is 9.39. The summed E-state index contributed by atoms with van der Waals surface area (Å²) in [4.78, 5) is 1.02. The third-order valence-corrected chi connectivity index (χ3v) is 3.94. The zero-order valence-corrected chi connectivity index (χ0v) is 11.1. The fourth-order valence-corrected chi connectivity index (χ4v) is 2.76. The number of rotatable bonds is 4. The van der Waals surface area contributed by atoms with Crippen LogP contribution in [0.25, 0.3) is 0 Å². The lowest BCUT2D eigenvalue weighted by molar-refractivity contribution is 0.282. The van der Waals surface area contributed by atoms with Crippen molar-refractivity contribution < 1.29 is 9.50 Å². The quantitative estimate of drug-likeness (QED) is 0.846. The van der Waals surface area contributed by atoms with Crippen molar-refractivity contribution in [3.05, 3.63) is 64.4 Å². The molecular formula is C14H12ClFOS. The second-order valence-electron chi connectivity index (χ2n) is 3.79. The summed E-state index contributed by atoms with van der Waals surface area (Å²) in [5.74, 6) is 0.214. The highest BCUT2D eigenvalue weighted by molar-refractivity contribution is 7.98. The molecule has 0 bridgehead atoms. The molecule has 0 aliphatic rings. The van der Waals surface area contributed by atoms with Gasteiger partial charge >= 0.3 is 0 Å². The SMILES string of the molecule is OCc1ccc(SCc2c(F)cccc2Cl)cc1. The molecule has 0 aromatic heterocycles. The van der Waals surface area contributed by atoms with E-state index in [9.17, 15) is 4.39 Å². The van der Waals surface area contributed by atoms with Crippen molar-refractivity contribution in [3.8, 4) is 0 Å². The third-order valence-electron chi connectivity index (χ3n) is 2.55. The van der Waals surface area contributed by atoms with E-state index >= 15 is 0 Å². The first-order valence-electron chi connectivity index (χ1n) is 5.46. The molecule has 2 aromatic rings. The molecule has 0 heterocycles. The molecule has 1 N–H and O–H groups in total. The molecule has 94 valence electrons. The molecular weight excluding hydrogens is 271 g/mol. The molecule has 18 heavy (non-hydrogen) atoms. The van der Waals surface area contributed by atoms with Crippen molar-refractivity contribution in [1.29, 1.82) is 0 Å². The van der Waals surface area contributed by atoms with Crippen molar-refractivity contribution >= 4 is 23.4 Å². The summed E-state index contributed by atoms with van der Waals surface area (Å²) in [5.41, 5.74) is 1.39. The third kappa shape index (κ3) is 3.25. The molecule has 0 amide bonds. The van der Waals surface area contributed by atoms with E-state index in [2.05, 4.69) is 0 Å². The van der Waals surface area contributed by atoms with Gasteiger partial charge < -0.3 is 5.11 Å².